The molecule has 0 aliphatic rings. The molecule has 0 spiro atoms. The third-order valence-corrected chi connectivity index (χ3v) is 6.43. The van der Waals surface area contributed by atoms with E-state index in [2.05, 4.69) is 5.32 Å². The zero-order valence-corrected chi connectivity index (χ0v) is 18.1. The number of nitrogens with one attached hydrogen (secondary N) is 1. The minimum atomic E-state index is -3.69. The van der Waals surface area contributed by atoms with Crippen LogP contribution in [0.25, 0.3) is 10.8 Å². The molecular formula is C22H23ClN2O3S. The van der Waals surface area contributed by atoms with Gasteiger partial charge in [-0.05, 0) is 53.9 Å². The first-order valence-electron chi connectivity index (χ1n) is 9.18. The Labute approximate surface area is 176 Å². The molecule has 0 unspecified atom stereocenters. The van der Waals surface area contributed by atoms with Crippen molar-refractivity contribution in [2.45, 2.75) is 26.4 Å². The van der Waals surface area contributed by atoms with E-state index in [1.807, 2.05) is 49.4 Å². The van der Waals surface area contributed by atoms with Crippen molar-refractivity contribution in [3.63, 3.8) is 0 Å². The van der Waals surface area contributed by atoms with Crippen LogP contribution in [-0.2, 0) is 21.4 Å². The molecule has 3 rings (SSSR count). The maximum absolute atomic E-state index is 12.7. The standard InChI is InChI=1S/C22H23ClN2O3S/c1-15-8-11-20(13-21(15)23)25(29(3,27)28)16(2)22(26)24-14-17-9-10-18-6-4-5-7-19(18)12-17/h4-13,16H,14H2,1-3H3,(H,24,26)/t16-/m1/s1. The van der Waals surface area contributed by atoms with Crippen molar-refractivity contribution in [2.24, 2.45) is 0 Å². The first-order valence-corrected chi connectivity index (χ1v) is 11.4. The summed E-state index contributed by atoms with van der Waals surface area (Å²) in [4.78, 5) is 12.7. The number of anilines is 1. The van der Waals surface area contributed by atoms with Gasteiger partial charge in [0, 0.05) is 11.6 Å². The third-order valence-electron chi connectivity index (χ3n) is 4.78. The van der Waals surface area contributed by atoms with Gasteiger partial charge >= 0.3 is 0 Å². The molecule has 0 bridgehead atoms. The largest absolute Gasteiger partial charge is 0.350 e. The van der Waals surface area contributed by atoms with Gasteiger partial charge in [-0.1, -0.05) is 54.1 Å². The highest BCUT2D eigenvalue weighted by atomic mass is 35.5. The van der Waals surface area contributed by atoms with Gasteiger partial charge in [0.1, 0.15) is 6.04 Å². The van der Waals surface area contributed by atoms with Crippen LogP contribution in [0.1, 0.15) is 18.1 Å². The number of nitrogens with zero attached hydrogens (tertiary/aromatic N) is 1. The summed E-state index contributed by atoms with van der Waals surface area (Å²) in [6, 6.07) is 17.9. The van der Waals surface area contributed by atoms with Gasteiger partial charge < -0.3 is 5.32 Å². The van der Waals surface area contributed by atoms with Crippen LogP contribution < -0.4 is 9.62 Å². The van der Waals surface area contributed by atoms with Gasteiger partial charge in [0.05, 0.1) is 11.9 Å². The van der Waals surface area contributed by atoms with Crippen molar-refractivity contribution < 1.29 is 13.2 Å². The van der Waals surface area contributed by atoms with Crippen molar-refractivity contribution in [2.75, 3.05) is 10.6 Å². The van der Waals surface area contributed by atoms with Crippen molar-refractivity contribution in [1.82, 2.24) is 5.32 Å². The molecule has 0 aromatic heterocycles. The molecule has 3 aromatic carbocycles. The molecule has 0 radical (unpaired) electrons. The SMILES string of the molecule is Cc1ccc(N([C@H](C)C(=O)NCc2ccc3ccccc3c2)S(C)(=O)=O)cc1Cl. The van der Waals surface area contributed by atoms with Crippen molar-refractivity contribution in [1.29, 1.82) is 0 Å². The molecule has 0 fully saturated rings. The molecule has 7 heteroatoms. The number of rotatable bonds is 6. The number of hydrogen-bond acceptors (Lipinski definition) is 3. The van der Waals surface area contributed by atoms with Gasteiger partial charge in [0.2, 0.25) is 15.9 Å². The monoisotopic (exact) mass is 430 g/mol. The predicted octanol–water partition coefficient (Wildman–Crippen LogP) is 4.27. The number of benzene rings is 3. The van der Waals surface area contributed by atoms with Crippen molar-refractivity contribution in [3.8, 4) is 0 Å². The molecule has 0 aliphatic heterocycles. The molecule has 1 N–H and O–H groups in total. The fourth-order valence-electron chi connectivity index (χ4n) is 3.21. The fourth-order valence-corrected chi connectivity index (χ4v) is 4.55. The lowest BCUT2D eigenvalue weighted by Gasteiger charge is -2.28. The molecule has 152 valence electrons. The maximum atomic E-state index is 12.7. The highest BCUT2D eigenvalue weighted by Gasteiger charge is 2.29. The van der Waals surface area contributed by atoms with E-state index in [0.717, 1.165) is 32.5 Å². The summed E-state index contributed by atoms with van der Waals surface area (Å²) in [6.07, 6.45) is 1.08. The van der Waals surface area contributed by atoms with E-state index in [4.69, 9.17) is 11.6 Å². The summed E-state index contributed by atoms with van der Waals surface area (Å²) in [7, 11) is -3.69. The minimum absolute atomic E-state index is 0.306. The molecule has 29 heavy (non-hydrogen) atoms. The smallest absolute Gasteiger partial charge is 0.243 e. The number of carbonyl (C=O) groups is 1. The number of aryl methyl sites for hydroxylation is 1. The Morgan fingerprint density at radius 2 is 1.76 bits per heavy atom. The van der Waals surface area contributed by atoms with E-state index < -0.39 is 16.1 Å². The lowest BCUT2D eigenvalue weighted by molar-refractivity contribution is -0.122. The minimum Gasteiger partial charge on any atom is -0.350 e. The van der Waals surface area contributed by atoms with Gasteiger partial charge in [-0.25, -0.2) is 8.42 Å². The molecule has 0 aliphatic carbocycles. The Balaban J connectivity index is 1.78. The van der Waals surface area contributed by atoms with E-state index in [1.165, 1.54) is 0 Å². The Hall–Kier alpha value is -2.57. The molecule has 3 aromatic rings. The Morgan fingerprint density at radius 1 is 1.07 bits per heavy atom. The maximum Gasteiger partial charge on any atom is 0.243 e. The van der Waals surface area contributed by atoms with Crippen LogP contribution in [-0.4, -0.2) is 26.6 Å². The highest BCUT2D eigenvalue weighted by molar-refractivity contribution is 7.92. The number of hydrogen-bond donors (Lipinski definition) is 1. The zero-order valence-electron chi connectivity index (χ0n) is 16.5. The lowest BCUT2D eigenvalue weighted by Crippen LogP contribution is -2.47. The zero-order chi connectivity index (χ0) is 21.2. The summed E-state index contributed by atoms with van der Waals surface area (Å²) in [5, 5.41) is 5.48. The molecule has 1 atom stereocenters. The second kappa shape index (κ2) is 8.43. The van der Waals surface area contributed by atoms with E-state index in [-0.39, 0.29) is 5.91 Å². The first kappa shape index (κ1) is 21.1. The number of fused-ring (bicyclic) bond motifs is 1. The van der Waals surface area contributed by atoms with Gasteiger partial charge in [0.25, 0.3) is 0 Å². The van der Waals surface area contributed by atoms with Gasteiger partial charge in [-0.3, -0.25) is 9.10 Å². The topological polar surface area (TPSA) is 66.5 Å². The molecule has 0 saturated heterocycles. The van der Waals surface area contributed by atoms with Gasteiger partial charge in [0.15, 0.2) is 0 Å². The van der Waals surface area contributed by atoms with Crippen LogP contribution in [0.3, 0.4) is 0 Å². The number of halogens is 1. The van der Waals surface area contributed by atoms with Crippen LogP contribution >= 0.6 is 11.6 Å². The average Bonchev–Trinajstić information content (AvgIpc) is 2.67. The molecule has 0 heterocycles. The number of amides is 1. The summed E-state index contributed by atoms with van der Waals surface area (Å²) in [6.45, 7) is 3.70. The summed E-state index contributed by atoms with van der Waals surface area (Å²) in [5.41, 5.74) is 2.13. The number of sulfonamides is 1. The van der Waals surface area contributed by atoms with Crippen molar-refractivity contribution in [3.05, 3.63) is 76.8 Å². The summed E-state index contributed by atoms with van der Waals surface area (Å²) in [5.74, 6) is -0.389. The predicted molar refractivity (Wildman–Crippen MR) is 119 cm³/mol. The molecular weight excluding hydrogens is 408 g/mol. The normalized spacial score (nSPS) is 12.6. The van der Waals surface area contributed by atoms with E-state index >= 15 is 0 Å². The van der Waals surface area contributed by atoms with Gasteiger partial charge in [-0.2, -0.15) is 0 Å². The Bertz CT molecular complexity index is 1160. The quantitative estimate of drug-likeness (QED) is 0.635. The van der Waals surface area contributed by atoms with Crippen LogP contribution in [0, 0.1) is 6.92 Å². The highest BCUT2D eigenvalue weighted by Crippen LogP contribution is 2.26. The summed E-state index contributed by atoms with van der Waals surface area (Å²) >= 11 is 6.16. The van der Waals surface area contributed by atoms with Crippen molar-refractivity contribution >= 4 is 44.0 Å². The molecule has 5 nitrogen and oxygen atoms in total. The van der Waals surface area contributed by atoms with Crippen LogP contribution in [0.5, 0.6) is 0 Å². The van der Waals surface area contributed by atoms with Gasteiger partial charge in [-0.15, -0.1) is 0 Å². The first-order chi connectivity index (χ1) is 13.7. The lowest BCUT2D eigenvalue weighted by atomic mass is 10.1. The van der Waals surface area contributed by atoms with Crippen LogP contribution in [0.2, 0.25) is 5.02 Å². The van der Waals surface area contributed by atoms with Crippen LogP contribution in [0.15, 0.2) is 60.7 Å². The van der Waals surface area contributed by atoms with Crippen LogP contribution in [0.4, 0.5) is 5.69 Å². The van der Waals surface area contributed by atoms with E-state index in [0.29, 0.717) is 17.3 Å². The number of carbonyl (C=O) groups excluding carboxylic acids is 1. The van der Waals surface area contributed by atoms with E-state index in [9.17, 15) is 13.2 Å². The third kappa shape index (κ3) is 4.89. The Kier molecular flexibility index (Phi) is 6.15. The second-order valence-electron chi connectivity index (χ2n) is 7.07. The average molecular weight is 431 g/mol. The summed E-state index contributed by atoms with van der Waals surface area (Å²) < 4.78 is 25.9. The van der Waals surface area contributed by atoms with E-state index in [1.54, 1.807) is 25.1 Å². The fraction of sp³-hybridized carbons (Fsp3) is 0.227. The second-order valence-corrected chi connectivity index (χ2v) is 9.33. The molecule has 1 amide bonds. The Morgan fingerprint density at radius 3 is 2.41 bits per heavy atom. The molecule has 0 saturated carbocycles.